The topological polar surface area (TPSA) is 77.2 Å². The molecular formula is C17H19N3O3. The van der Waals surface area contributed by atoms with Crippen LogP contribution in [0.15, 0.2) is 28.8 Å². The van der Waals surface area contributed by atoms with Gasteiger partial charge in [0.15, 0.2) is 0 Å². The summed E-state index contributed by atoms with van der Waals surface area (Å²) in [5, 5.41) is 7.03. The van der Waals surface area contributed by atoms with E-state index in [0.717, 1.165) is 50.1 Å². The highest BCUT2D eigenvalue weighted by Crippen LogP contribution is 2.31. The molecule has 4 rings (SSSR count). The number of nitrogens with zero attached hydrogens (tertiary/aromatic N) is 2. The molecule has 1 aliphatic heterocycles. The van der Waals surface area contributed by atoms with Crippen LogP contribution < -0.4 is 5.32 Å². The number of rotatable bonds is 4. The molecule has 1 aromatic carbocycles. The molecule has 1 aromatic heterocycles. The maximum absolute atomic E-state index is 11.9. The third-order valence-electron chi connectivity index (χ3n) is 4.35. The van der Waals surface area contributed by atoms with Crippen LogP contribution in [0.2, 0.25) is 0 Å². The lowest BCUT2D eigenvalue weighted by Crippen LogP contribution is -2.14. The lowest BCUT2D eigenvalue weighted by atomic mass is 10.0. The zero-order valence-electron chi connectivity index (χ0n) is 12.8. The zero-order valence-corrected chi connectivity index (χ0v) is 12.8. The molecule has 1 amide bonds. The molecule has 0 atom stereocenters. The van der Waals surface area contributed by atoms with E-state index in [0.29, 0.717) is 11.7 Å². The number of carbonyl (C=O) groups excluding carboxylic acids is 1. The van der Waals surface area contributed by atoms with Crippen LogP contribution in [0.25, 0.3) is 11.4 Å². The van der Waals surface area contributed by atoms with Crippen LogP contribution in [0.4, 0.5) is 5.69 Å². The summed E-state index contributed by atoms with van der Waals surface area (Å²) in [4.78, 5) is 16.4. The van der Waals surface area contributed by atoms with Gasteiger partial charge in [-0.05, 0) is 37.8 Å². The summed E-state index contributed by atoms with van der Waals surface area (Å²) in [5.41, 5.74) is 1.62. The number of amides is 1. The Balaban J connectivity index is 1.51. The van der Waals surface area contributed by atoms with E-state index in [9.17, 15) is 4.79 Å². The Labute approximate surface area is 134 Å². The van der Waals surface area contributed by atoms with E-state index in [1.807, 2.05) is 24.3 Å². The second kappa shape index (κ2) is 6.12. The van der Waals surface area contributed by atoms with E-state index < -0.39 is 0 Å². The highest BCUT2D eigenvalue weighted by atomic mass is 16.5. The molecular weight excluding hydrogens is 294 g/mol. The first-order chi connectivity index (χ1) is 11.3. The fourth-order valence-corrected chi connectivity index (χ4v) is 2.79. The van der Waals surface area contributed by atoms with Crippen molar-refractivity contribution in [2.75, 3.05) is 18.5 Å². The Kier molecular flexibility index (Phi) is 3.83. The lowest BCUT2D eigenvalue weighted by molar-refractivity contribution is -0.117. The van der Waals surface area contributed by atoms with Gasteiger partial charge in [0.05, 0.1) is 0 Å². The molecule has 1 saturated carbocycles. The van der Waals surface area contributed by atoms with Crippen molar-refractivity contribution >= 4 is 11.6 Å². The van der Waals surface area contributed by atoms with Gasteiger partial charge >= 0.3 is 0 Å². The summed E-state index contributed by atoms with van der Waals surface area (Å²) in [7, 11) is 0. The van der Waals surface area contributed by atoms with Crippen molar-refractivity contribution in [3.8, 4) is 11.4 Å². The van der Waals surface area contributed by atoms with E-state index in [1.165, 1.54) is 0 Å². The maximum atomic E-state index is 11.9. The van der Waals surface area contributed by atoms with Gasteiger partial charge in [0.1, 0.15) is 0 Å². The fraction of sp³-hybridized carbons (Fsp3) is 0.471. The molecule has 1 N–H and O–H groups in total. The average molecular weight is 313 g/mol. The predicted molar refractivity (Wildman–Crippen MR) is 83.9 cm³/mol. The molecule has 2 heterocycles. The van der Waals surface area contributed by atoms with Gasteiger partial charge in [-0.25, -0.2) is 0 Å². The first-order valence-electron chi connectivity index (χ1n) is 8.12. The van der Waals surface area contributed by atoms with Gasteiger partial charge in [0.2, 0.25) is 17.6 Å². The first kappa shape index (κ1) is 14.4. The minimum atomic E-state index is 0.0955. The number of anilines is 1. The summed E-state index contributed by atoms with van der Waals surface area (Å²) in [6, 6.07) is 7.58. The summed E-state index contributed by atoms with van der Waals surface area (Å²) in [6.45, 7) is 1.48. The smallest absolute Gasteiger partial charge is 0.230 e. The molecule has 1 saturated heterocycles. The van der Waals surface area contributed by atoms with Gasteiger partial charge in [-0.1, -0.05) is 17.3 Å². The first-order valence-corrected chi connectivity index (χ1v) is 8.12. The van der Waals surface area contributed by atoms with Crippen molar-refractivity contribution in [2.24, 2.45) is 5.92 Å². The highest BCUT2D eigenvalue weighted by Gasteiger charge is 2.29. The lowest BCUT2D eigenvalue weighted by Gasteiger charge is -2.17. The van der Waals surface area contributed by atoms with Crippen molar-refractivity contribution in [3.63, 3.8) is 0 Å². The Bertz CT molecular complexity index is 703. The largest absolute Gasteiger partial charge is 0.381 e. The maximum Gasteiger partial charge on any atom is 0.230 e. The quantitative estimate of drug-likeness (QED) is 0.939. The van der Waals surface area contributed by atoms with Crippen LogP contribution >= 0.6 is 0 Å². The van der Waals surface area contributed by atoms with E-state index >= 15 is 0 Å². The zero-order chi connectivity index (χ0) is 15.6. The normalized spacial score (nSPS) is 18.8. The third kappa shape index (κ3) is 3.27. The Hall–Kier alpha value is -2.21. The van der Waals surface area contributed by atoms with Crippen LogP contribution in [0.1, 0.15) is 37.5 Å². The van der Waals surface area contributed by atoms with Gasteiger partial charge in [0, 0.05) is 36.3 Å². The number of nitrogens with one attached hydrogen (secondary N) is 1. The van der Waals surface area contributed by atoms with Gasteiger partial charge in [-0.3, -0.25) is 4.79 Å². The number of hydrogen-bond donors (Lipinski definition) is 1. The molecule has 23 heavy (non-hydrogen) atoms. The molecule has 1 aliphatic carbocycles. The molecule has 0 radical (unpaired) electrons. The van der Waals surface area contributed by atoms with E-state index in [-0.39, 0.29) is 17.7 Å². The molecule has 6 heteroatoms. The second-order valence-corrected chi connectivity index (χ2v) is 6.19. The number of hydrogen-bond acceptors (Lipinski definition) is 5. The molecule has 2 fully saturated rings. The number of ether oxygens (including phenoxy) is 1. The molecule has 6 nitrogen and oxygen atoms in total. The van der Waals surface area contributed by atoms with Gasteiger partial charge in [-0.15, -0.1) is 0 Å². The van der Waals surface area contributed by atoms with E-state index in [4.69, 9.17) is 9.26 Å². The van der Waals surface area contributed by atoms with Crippen molar-refractivity contribution in [3.05, 3.63) is 30.2 Å². The number of aromatic nitrogens is 2. The minimum absolute atomic E-state index is 0.0955. The van der Waals surface area contributed by atoms with Crippen molar-refractivity contribution in [1.29, 1.82) is 0 Å². The third-order valence-corrected chi connectivity index (χ3v) is 4.35. The van der Waals surface area contributed by atoms with E-state index in [2.05, 4.69) is 15.5 Å². The van der Waals surface area contributed by atoms with Crippen LogP contribution in [0.5, 0.6) is 0 Å². The Morgan fingerprint density at radius 3 is 2.78 bits per heavy atom. The van der Waals surface area contributed by atoms with Crippen LogP contribution in [-0.4, -0.2) is 29.3 Å². The van der Waals surface area contributed by atoms with Gasteiger partial charge in [0.25, 0.3) is 0 Å². The fourth-order valence-electron chi connectivity index (χ4n) is 2.79. The van der Waals surface area contributed by atoms with Crippen molar-refractivity contribution in [1.82, 2.24) is 10.1 Å². The summed E-state index contributed by atoms with van der Waals surface area (Å²) >= 11 is 0. The summed E-state index contributed by atoms with van der Waals surface area (Å²) in [5.74, 6) is 1.80. The van der Waals surface area contributed by atoms with Gasteiger partial charge < -0.3 is 14.6 Å². The number of benzene rings is 1. The average Bonchev–Trinajstić information content (AvgIpc) is 3.33. The molecule has 2 aromatic rings. The Morgan fingerprint density at radius 2 is 2.00 bits per heavy atom. The van der Waals surface area contributed by atoms with Gasteiger partial charge in [-0.2, -0.15) is 4.98 Å². The number of carbonyl (C=O) groups is 1. The van der Waals surface area contributed by atoms with Crippen LogP contribution in [-0.2, 0) is 9.53 Å². The molecule has 120 valence electrons. The molecule has 0 bridgehead atoms. The summed E-state index contributed by atoms with van der Waals surface area (Å²) < 4.78 is 10.8. The van der Waals surface area contributed by atoms with Crippen molar-refractivity contribution in [2.45, 2.75) is 31.6 Å². The minimum Gasteiger partial charge on any atom is -0.381 e. The second-order valence-electron chi connectivity index (χ2n) is 6.19. The highest BCUT2D eigenvalue weighted by molar-refractivity contribution is 5.94. The monoisotopic (exact) mass is 313 g/mol. The van der Waals surface area contributed by atoms with E-state index in [1.54, 1.807) is 0 Å². The molecule has 0 spiro atoms. The van der Waals surface area contributed by atoms with Crippen molar-refractivity contribution < 1.29 is 14.1 Å². The molecule has 2 aliphatic rings. The van der Waals surface area contributed by atoms with Crippen LogP contribution in [0, 0.1) is 5.92 Å². The van der Waals surface area contributed by atoms with Crippen LogP contribution in [0.3, 0.4) is 0 Å². The Morgan fingerprint density at radius 1 is 1.17 bits per heavy atom. The summed E-state index contributed by atoms with van der Waals surface area (Å²) in [6.07, 6.45) is 3.81. The SMILES string of the molecule is O=C(Nc1cccc(-c2noc(C3CCOCC3)n2)c1)C1CC1. The standard InChI is InChI=1S/C17H19N3O3/c21-16(11-4-5-11)18-14-3-1-2-13(10-14)15-19-17(23-20-15)12-6-8-22-9-7-12/h1-3,10-12H,4-9H2,(H,18,21). The molecule has 0 unspecified atom stereocenters. The predicted octanol–water partition coefficient (Wildman–Crippen LogP) is 2.98.